The quantitative estimate of drug-likeness (QED) is 0.886. The van der Waals surface area contributed by atoms with Gasteiger partial charge in [-0.2, -0.15) is 0 Å². The molecule has 0 aliphatic rings. The number of benzene rings is 2. The fourth-order valence-corrected chi connectivity index (χ4v) is 1.92. The molecule has 110 valence electrons. The Kier molecular flexibility index (Phi) is 5.35. The summed E-state index contributed by atoms with van der Waals surface area (Å²) >= 11 is 0. The molecule has 2 aromatic rings. The van der Waals surface area contributed by atoms with E-state index in [1.165, 1.54) is 0 Å². The largest absolute Gasteiger partial charge is 0.457 e. The number of methoxy groups -OCH3 is 1. The van der Waals surface area contributed by atoms with Gasteiger partial charge in [-0.15, -0.1) is 0 Å². The molecule has 0 spiro atoms. The van der Waals surface area contributed by atoms with E-state index in [1.54, 1.807) is 25.3 Å². The van der Waals surface area contributed by atoms with E-state index in [4.69, 9.17) is 9.47 Å². The van der Waals surface area contributed by atoms with Crippen LogP contribution in [0.5, 0.6) is 11.5 Å². The third-order valence-corrected chi connectivity index (χ3v) is 2.87. The van der Waals surface area contributed by atoms with Gasteiger partial charge in [0.25, 0.3) is 5.91 Å². The molecule has 0 heterocycles. The van der Waals surface area contributed by atoms with Crippen molar-refractivity contribution in [3.8, 4) is 11.5 Å². The molecule has 1 N–H and O–H groups in total. The molecule has 0 fully saturated rings. The monoisotopic (exact) mass is 285 g/mol. The lowest BCUT2D eigenvalue weighted by Crippen LogP contribution is -2.35. The van der Waals surface area contributed by atoms with Crippen LogP contribution in [-0.2, 0) is 4.74 Å². The molecule has 0 aliphatic carbocycles. The van der Waals surface area contributed by atoms with E-state index in [0.29, 0.717) is 17.9 Å². The van der Waals surface area contributed by atoms with Crippen molar-refractivity contribution in [1.82, 2.24) is 5.32 Å². The van der Waals surface area contributed by atoms with Crippen LogP contribution in [0.15, 0.2) is 54.6 Å². The summed E-state index contributed by atoms with van der Waals surface area (Å²) in [4.78, 5) is 12.1. The van der Waals surface area contributed by atoms with Gasteiger partial charge >= 0.3 is 0 Å². The molecular formula is C17H19NO3. The van der Waals surface area contributed by atoms with Crippen LogP contribution >= 0.6 is 0 Å². The topological polar surface area (TPSA) is 47.6 Å². The van der Waals surface area contributed by atoms with Crippen molar-refractivity contribution in [2.75, 3.05) is 13.7 Å². The molecule has 21 heavy (non-hydrogen) atoms. The zero-order chi connectivity index (χ0) is 15.1. The second kappa shape index (κ2) is 7.45. The van der Waals surface area contributed by atoms with Gasteiger partial charge in [0.1, 0.15) is 11.5 Å². The molecule has 0 radical (unpaired) electrons. The molecular weight excluding hydrogens is 266 g/mol. The molecule has 0 saturated heterocycles. The number of para-hydroxylation sites is 1. The van der Waals surface area contributed by atoms with Crippen LogP contribution in [0.2, 0.25) is 0 Å². The summed E-state index contributed by atoms with van der Waals surface area (Å²) in [5, 5.41) is 2.87. The lowest BCUT2D eigenvalue weighted by atomic mass is 10.2. The molecule has 4 heteroatoms. The molecule has 0 saturated carbocycles. The highest BCUT2D eigenvalue weighted by Gasteiger charge is 2.10. The van der Waals surface area contributed by atoms with E-state index in [9.17, 15) is 4.79 Å². The van der Waals surface area contributed by atoms with E-state index < -0.39 is 0 Å². The highest BCUT2D eigenvalue weighted by atomic mass is 16.5. The number of hydrogen-bond acceptors (Lipinski definition) is 3. The molecule has 0 unspecified atom stereocenters. The fourth-order valence-electron chi connectivity index (χ4n) is 1.92. The van der Waals surface area contributed by atoms with Gasteiger partial charge in [0, 0.05) is 18.7 Å². The van der Waals surface area contributed by atoms with Gasteiger partial charge in [0.05, 0.1) is 6.61 Å². The molecule has 2 aromatic carbocycles. The van der Waals surface area contributed by atoms with Crippen molar-refractivity contribution in [3.05, 3.63) is 60.2 Å². The molecule has 1 atom stereocenters. The van der Waals surface area contributed by atoms with Crippen molar-refractivity contribution >= 4 is 5.91 Å². The maximum absolute atomic E-state index is 12.1. The molecule has 0 bridgehead atoms. The van der Waals surface area contributed by atoms with Crippen LogP contribution in [0, 0.1) is 0 Å². The van der Waals surface area contributed by atoms with Crippen LogP contribution in [-0.4, -0.2) is 25.7 Å². The van der Waals surface area contributed by atoms with Crippen LogP contribution in [0.4, 0.5) is 0 Å². The Morgan fingerprint density at radius 1 is 1.10 bits per heavy atom. The number of hydrogen-bond donors (Lipinski definition) is 1. The highest BCUT2D eigenvalue weighted by molar-refractivity contribution is 5.94. The third-order valence-electron chi connectivity index (χ3n) is 2.87. The Labute approximate surface area is 124 Å². The minimum absolute atomic E-state index is 0.0406. The minimum atomic E-state index is -0.141. The number of ether oxygens (including phenoxy) is 2. The van der Waals surface area contributed by atoms with Gasteiger partial charge in [-0.3, -0.25) is 4.79 Å². The zero-order valence-corrected chi connectivity index (χ0v) is 12.2. The zero-order valence-electron chi connectivity index (χ0n) is 12.2. The molecule has 4 nitrogen and oxygen atoms in total. The van der Waals surface area contributed by atoms with E-state index in [2.05, 4.69) is 5.32 Å². The van der Waals surface area contributed by atoms with Gasteiger partial charge in [0.2, 0.25) is 0 Å². The molecule has 1 amide bonds. The average molecular weight is 285 g/mol. The number of amides is 1. The van der Waals surface area contributed by atoms with E-state index in [1.807, 2.05) is 43.3 Å². The first kappa shape index (κ1) is 15.1. The van der Waals surface area contributed by atoms with Crippen LogP contribution in [0.25, 0.3) is 0 Å². The van der Waals surface area contributed by atoms with Crippen molar-refractivity contribution < 1.29 is 14.3 Å². The average Bonchev–Trinajstić information content (AvgIpc) is 2.49. The maximum Gasteiger partial charge on any atom is 0.251 e. The highest BCUT2D eigenvalue weighted by Crippen LogP contribution is 2.21. The fraction of sp³-hybridized carbons (Fsp3) is 0.235. The Morgan fingerprint density at radius 2 is 1.81 bits per heavy atom. The van der Waals surface area contributed by atoms with Gasteiger partial charge in [-0.1, -0.05) is 24.3 Å². The van der Waals surface area contributed by atoms with Crippen molar-refractivity contribution in [1.29, 1.82) is 0 Å². The summed E-state index contributed by atoms with van der Waals surface area (Å²) in [6.45, 7) is 2.37. The Morgan fingerprint density at radius 3 is 2.52 bits per heavy atom. The maximum atomic E-state index is 12.1. The van der Waals surface area contributed by atoms with Crippen molar-refractivity contribution in [2.24, 2.45) is 0 Å². The summed E-state index contributed by atoms with van der Waals surface area (Å²) in [5.74, 6) is 1.23. The Balaban J connectivity index is 2.05. The summed E-state index contributed by atoms with van der Waals surface area (Å²) in [7, 11) is 1.61. The van der Waals surface area contributed by atoms with Gasteiger partial charge in [-0.05, 0) is 37.3 Å². The number of carbonyl (C=O) groups excluding carboxylic acids is 1. The standard InChI is InChI=1S/C17H19NO3/c1-13(12-20-2)18-17(19)14-7-6-10-16(11-14)21-15-8-4-3-5-9-15/h3-11,13H,12H2,1-2H3,(H,18,19)/t13-/m0/s1. The summed E-state index contributed by atoms with van der Waals surface area (Å²) in [5.41, 5.74) is 0.561. The smallest absolute Gasteiger partial charge is 0.251 e. The minimum Gasteiger partial charge on any atom is -0.457 e. The Hall–Kier alpha value is -2.33. The lowest BCUT2D eigenvalue weighted by Gasteiger charge is -2.13. The Bertz CT molecular complexity index is 584. The normalized spacial score (nSPS) is 11.7. The van der Waals surface area contributed by atoms with Crippen LogP contribution in [0.1, 0.15) is 17.3 Å². The van der Waals surface area contributed by atoms with Gasteiger partial charge in [0.15, 0.2) is 0 Å². The molecule has 2 rings (SSSR count). The first-order valence-electron chi connectivity index (χ1n) is 6.82. The number of nitrogens with one attached hydrogen (secondary N) is 1. The first-order valence-corrected chi connectivity index (χ1v) is 6.82. The van der Waals surface area contributed by atoms with E-state index >= 15 is 0 Å². The van der Waals surface area contributed by atoms with E-state index in [-0.39, 0.29) is 11.9 Å². The lowest BCUT2D eigenvalue weighted by molar-refractivity contribution is 0.0905. The summed E-state index contributed by atoms with van der Waals surface area (Å²) in [6, 6.07) is 16.5. The molecule has 0 aromatic heterocycles. The van der Waals surface area contributed by atoms with E-state index in [0.717, 1.165) is 5.75 Å². The molecule has 0 aliphatic heterocycles. The van der Waals surface area contributed by atoms with Gasteiger partial charge in [-0.25, -0.2) is 0 Å². The van der Waals surface area contributed by atoms with Crippen molar-refractivity contribution in [3.63, 3.8) is 0 Å². The summed E-state index contributed by atoms with van der Waals surface area (Å²) < 4.78 is 10.7. The number of carbonyl (C=O) groups is 1. The SMILES string of the molecule is COC[C@H](C)NC(=O)c1cccc(Oc2ccccc2)c1. The predicted molar refractivity (Wildman–Crippen MR) is 81.8 cm³/mol. The summed E-state index contributed by atoms with van der Waals surface area (Å²) in [6.07, 6.45) is 0. The predicted octanol–water partition coefficient (Wildman–Crippen LogP) is 3.24. The van der Waals surface area contributed by atoms with Crippen LogP contribution < -0.4 is 10.1 Å². The second-order valence-electron chi connectivity index (χ2n) is 4.77. The third kappa shape index (κ3) is 4.61. The number of rotatable bonds is 6. The van der Waals surface area contributed by atoms with Gasteiger partial charge < -0.3 is 14.8 Å². The van der Waals surface area contributed by atoms with Crippen molar-refractivity contribution in [2.45, 2.75) is 13.0 Å². The van der Waals surface area contributed by atoms with Crippen LogP contribution in [0.3, 0.4) is 0 Å². The first-order chi connectivity index (χ1) is 10.2. The second-order valence-corrected chi connectivity index (χ2v) is 4.77.